The number of nitrogens with one attached hydrogen (secondary N) is 1. The first-order valence-corrected chi connectivity index (χ1v) is 5.65. The van der Waals surface area contributed by atoms with Crippen LogP contribution >= 0.6 is 11.6 Å². The third kappa shape index (κ3) is 3.83. The van der Waals surface area contributed by atoms with Gasteiger partial charge in [-0.2, -0.15) is 0 Å². The summed E-state index contributed by atoms with van der Waals surface area (Å²) in [6.07, 6.45) is 0. The minimum Gasteiger partial charge on any atom is -0.369 e. The molecule has 1 amide bonds. The second kappa shape index (κ2) is 5.87. The molecular weight excluding hydrogens is 224 g/mol. The van der Waals surface area contributed by atoms with Crippen molar-refractivity contribution in [2.75, 3.05) is 6.54 Å². The van der Waals surface area contributed by atoms with Crippen LogP contribution in [0.2, 0.25) is 5.02 Å². The molecule has 0 aliphatic carbocycles. The summed E-state index contributed by atoms with van der Waals surface area (Å²) < 4.78 is 0. The highest BCUT2D eigenvalue weighted by Crippen LogP contribution is 2.22. The molecule has 0 bridgehead atoms. The van der Waals surface area contributed by atoms with Crippen molar-refractivity contribution in [2.24, 2.45) is 11.7 Å². The Morgan fingerprint density at radius 1 is 1.38 bits per heavy atom. The Kier molecular flexibility index (Phi) is 4.77. The van der Waals surface area contributed by atoms with E-state index in [2.05, 4.69) is 19.2 Å². The largest absolute Gasteiger partial charge is 0.369 e. The summed E-state index contributed by atoms with van der Waals surface area (Å²) in [7, 11) is 0. The predicted molar refractivity (Wildman–Crippen MR) is 66.2 cm³/mol. The third-order valence-electron chi connectivity index (χ3n) is 2.39. The van der Waals surface area contributed by atoms with Crippen molar-refractivity contribution >= 4 is 17.5 Å². The van der Waals surface area contributed by atoms with Gasteiger partial charge in [0.1, 0.15) is 0 Å². The maximum Gasteiger partial charge on any atom is 0.231 e. The minimum atomic E-state index is -0.348. The summed E-state index contributed by atoms with van der Waals surface area (Å²) >= 11 is 5.83. The average molecular weight is 241 g/mol. The van der Waals surface area contributed by atoms with Gasteiger partial charge in [-0.3, -0.25) is 4.79 Å². The number of nitrogens with two attached hydrogens (primary N) is 1. The second-order valence-electron chi connectivity index (χ2n) is 4.12. The molecule has 1 rings (SSSR count). The first kappa shape index (κ1) is 13.0. The van der Waals surface area contributed by atoms with E-state index in [1.165, 1.54) is 0 Å². The zero-order valence-corrected chi connectivity index (χ0v) is 10.3. The first-order chi connectivity index (χ1) is 7.50. The van der Waals surface area contributed by atoms with Crippen molar-refractivity contribution in [3.05, 3.63) is 34.9 Å². The molecule has 0 fully saturated rings. The van der Waals surface area contributed by atoms with Crippen LogP contribution in [-0.2, 0) is 4.79 Å². The van der Waals surface area contributed by atoms with Crippen LogP contribution in [0.1, 0.15) is 25.5 Å². The molecule has 16 heavy (non-hydrogen) atoms. The highest BCUT2D eigenvalue weighted by Gasteiger charge is 2.15. The van der Waals surface area contributed by atoms with Crippen LogP contribution in [-0.4, -0.2) is 12.5 Å². The Hall–Kier alpha value is -1.06. The number of halogens is 1. The van der Waals surface area contributed by atoms with Gasteiger partial charge in [-0.15, -0.1) is 0 Å². The summed E-state index contributed by atoms with van der Waals surface area (Å²) in [6.45, 7) is 4.37. The van der Waals surface area contributed by atoms with Crippen molar-refractivity contribution in [1.29, 1.82) is 0 Å². The molecule has 0 radical (unpaired) electrons. The number of benzene rings is 1. The number of hydrogen-bond donors (Lipinski definition) is 2. The fourth-order valence-corrected chi connectivity index (χ4v) is 1.75. The third-order valence-corrected chi connectivity index (χ3v) is 2.64. The molecule has 0 aliphatic heterocycles. The number of primary amides is 1. The summed E-state index contributed by atoms with van der Waals surface area (Å²) in [5, 5.41) is 3.85. The molecule has 88 valence electrons. The van der Waals surface area contributed by atoms with Crippen molar-refractivity contribution in [3.8, 4) is 0 Å². The normalized spacial score (nSPS) is 12.8. The molecule has 1 aromatic carbocycles. The number of rotatable bonds is 5. The fraction of sp³-hybridized carbons (Fsp3) is 0.417. The SMILES string of the molecule is CC(C)[C@@H](NCC(N)=O)c1ccc(Cl)cc1. The van der Waals surface area contributed by atoms with Crippen molar-refractivity contribution < 1.29 is 4.79 Å². The maximum absolute atomic E-state index is 10.8. The molecule has 4 heteroatoms. The number of amides is 1. The van der Waals surface area contributed by atoms with Crippen LogP contribution < -0.4 is 11.1 Å². The summed E-state index contributed by atoms with van der Waals surface area (Å²) in [5.41, 5.74) is 6.23. The van der Waals surface area contributed by atoms with Gasteiger partial charge < -0.3 is 11.1 Å². The Labute approximate surface area is 101 Å². The molecule has 3 nitrogen and oxygen atoms in total. The number of hydrogen-bond acceptors (Lipinski definition) is 2. The Morgan fingerprint density at radius 2 is 1.94 bits per heavy atom. The van der Waals surface area contributed by atoms with E-state index in [0.717, 1.165) is 5.56 Å². The molecular formula is C12H17ClN2O. The van der Waals surface area contributed by atoms with Crippen molar-refractivity contribution in [2.45, 2.75) is 19.9 Å². The molecule has 0 saturated carbocycles. The molecule has 0 aliphatic rings. The first-order valence-electron chi connectivity index (χ1n) is 5.28. The summed E-state index contributed by atoms with van der Waals surface area (Å²) in [5.74, 6) is 0.0279. The second-order valence-corrected chi connectivity index (χ2v) is 4.56. The van der Waals surface area contributed by atoms with E-state index >= 15 is 0 Å². The van der Waals surface area contributed by atoms with E-state index in [-0.39, 0.29) is 18.5 Å². The smallest absolute Gasteiger partial charge is 0.231 e. The van der Waals surface area contributed by atoms with Crippen molar-refractivity contribution in [1.82, 2.24) is 5.32 Å². The molecule has 0 unspecified atom stereocenters. The van der Waals surface area contributed by atoms with Gasteiger partial charge in [-0.25, -0.2) is 0 Å². The highest BCUT2D eigenvalue weighted by atomic mass is 35.5. The lowest BCUT2D eigenvalue weighted by atomic mass is 9.96. The van der Waals surface area contributed by atoms with Crippen LogP contribution in [0.3, 0.4) is 0 Å². The van der Waals surface area contributed by atoms with E-state index in [4.69, 9.17) is 17.3 Å². The standard InChI is InChI=1S/C12H17ClN2O/c1-8(2)12(15-7-11(14)16)9-3-5-10(13)6-4-9/h3-6,8,12,15H,7H2,1-2H3,(H2,14,16)/t12-/m1/s1. The van der Waals surface area contributed by atoms with Gasteiger partial charge in [0.05, 0.1) is 6.54 Å². The molecule has 3 N–H and O–H groups in total. The summed E-state index contributed by atoms with van der Waals surface area (Å²) in [4.78, 5) is 10.8. The van der Waals surface area contributed by atoms with Gasteiger partial charge in [0, 0.05) is 11.1 Å². The maximum atomic E-state index is 10.8. The lowest BCUT2D eigenvalue weighted by Crippen LogP contribution is -2.34. The van der Waals surface area contributed by atoms with E-state index in [1.54, 1.807) is 0 Å². The number of carbonyl (C=O) groups is 1. The molecule has 0 aromatic heterocycles. The fourth-order valence-electron chi connectivity index (χ4n) is 1.62. The Balaban J connectivity index is 2.77. The molecule has 1 aromatic rings. The van der Waals surface area contributed by atoms with E-state index in [0.29, 0.717) is 10.9 Å². The van der Waals surface area contributed by atoms with Crippen LogP contribution in [0.15, 0.2) is 24.3 Å². The lowest BCUT2D eigenvalue weighted by molar-refractivity contribution is -0.117. The quantitative estimate of drug-likeness (QED) is 0.828. The van der Waals surface area contributed by atoms with E-state index in [1.807, 2.05) is 24.3 Å². The lowest BCUT2D eigenvalue weighted by Gasteiger charge is -2.22. The number of carbonyl (C=O) groups excluding carboxylic acids is 1. The van der Waals surface area contributed by atoms with Crippen LogP contribution in [0.4, 0.5) is 0 Å². The zero-order valence-electron chi connectivity index (χ0n) is 9.53. The molecule has 0 spiro atoms. The van der Waals surface area contributed by atoms with Crippen molar-refractivity contribution in [3.63, 3.8) is 0 Å². The highest BCUT2D eigenvalue weighted by molar-refractivity contribution is 6.30. The van der Waals surface area contributed by atoms with Gasteiger partial charge in [0.15, 0.2) is 0 Å². The van der Waals surface area contributed by atoms with Gasteiger partial charge >= 0.3 is 0 Å². The van der Waals surface area contributed by atoms with E-state index in [9.17, 15) is 4.79 Å². The van der Waals surface area contributed by atoms with Crippen LogP contribution in [0.5, 0.6) is 0 Å². The Bertz CT molecular complexity index is 349. The van der Waals surface area contributed by atoms with Gasteiger partial charge in [0.2, 0.25) is 5.91 Å². The van der Waals surface area contributed by atoms with Gasteiger partial charge in [-0.05, 0) is 23.6 Å². The van der Waals surface area contributed by atoms with Crippen LogP contribution in [0, 0.1) is 5.92 Å². The molecule has 1 atom stereocenters. The predicted octanol–water partition coefficient (Wildman–Crippen LogP) is 2.11. The monoisotopic (exact) mass is 240 g/mol. The van der Waals surface area contributed by atoms with Gasteiger partial charge in [0.25, 0.3) is 0 Å². The Morgan fingerprint density at radius 3 is 2.38 bits per heavy atom. The van der Waals surface area contributed by atoms with Crippen LogP contribution in [0.25, 0.3) is 0 Å². The molecule has 0 saturated heterocycles. The topological polar surface area (TPSA) is 55.1 Å². The zero-order chi connectivity index (χ0) is 12.1. The van der Waals surface area contributed by atoms with Gasteiger partial charge in [-0.1, -0.05) is 37.6 Å². The summed E-state index contributed by atoms with van der Waals surface area (Å²) in [6, 6.07) is 7.73. The average Bonchev–Trinajstić information content (AvgIpc) is 2.20. The van der Waals surface area contributed by atoms with E-state index < -0.39 is 0 Å². The minimum absolute atomic E-state index is 0.116. The molecule has 0 heterocycles.